The Kier molecular flexibility index (Phi) is 4.67. The van der Waals surface area contributed by atoms with Gasteiger partial charge in [0, 0.05) is 22.4 Å². The van der Waals surface area contributed by atoms with E-state index in [1.54, 1.807) is 12.1 Å². The van der Waals surface area contributed by atoms with Crippen molar-refractivity contribution in [3.05, 3.63) is 86.7 Å². The van der Waals surface area contributed by atoms with Crippen LogP contribution in [0.5, 0.6) is 0 Å². The maximum Gasteiger partial charge on any atom is 0.291 e. The number of aromatic nitrogens is 4. The Morgan fingerprint density at radius 1 is 1.03 bits per heavy atom. The van der Waals surface area contributed by atoms with Crippen molar-refractivity contribution < 1.29 is 4.42 Å². The fourth-order valence-corrected chi connectivity index (χ4v) is 4.03. The molecule has 2 aromatic carbocycles. The zero-order valence-electron chi connectivity index (χ0n) is 17.5. The van der Waals surface area contributed by atoms with Gasteiger partial charge in [-0.15, -0.1) is 0 Å². The van der Waals surface area contributed by atoms with E-state index in [0.717, 1.165) is 27.9 Å². The first-order valence-electron chi connectivity index (χ1n) is 10.2. The third kappa shape index (κ3) is 3.33. The fourth-order valence-electron chi connectivity index (χ4n) is 3.90. The fraction of sp³-hybridized carbons (Fsp3) is 0.208. The van der Waals surface area contributed by atoms with Crippen molar-refractivity contribution in [2.45, 2.75) is 33.7 Å². The monoisotopic (exact) mass is 432 g/mol. The zero-order valence-corrected chi connectivity index (χ0v) is 18.3. The van der Waals surface area contributed by atoms with Crippen molar-refractivity contribution in [3.63, 3.8) is 0 Å². The van der Waals surface area contributed by atoms with Gasteiger partial charge in [-0.2, -0.15) is 5.10 Å². The SMILES string of the molecule is CCc1nn(Cc2nc(-c3ccc(Cl)cc3)oc2C)c(=O)c2cc3cc(C)ccc3n12. The molecule has 0 atom stereocenters. The van der Waals surface area contributed by atoms with Crippen LogP contribution in [0.15, 0.2) is 57.7 Å². The second-order valence-electron chi connectivity index (χ2n) is 7.69. The van der Waals surface area contributed by atoms with E-state index in [-0.39, 0.29) is 12.1 Å². The van der Waals surface area contributed by atoms with E-state index in [1.807, 2.05) is 49.4 Å². The van der Waals surface area contributed by atoms with Crippen LogP contribution in [0.25, 0.3) is 27.9 Å². The zero-order chi connectivity index (χ0) is 21.7. The van der Waals surface area contributed by atoms with Gasteiger partial charge in [-0.1, -0.05) is 30.2 Å². The Labute approximate surface area is 183 Å². The maximum absolute atomic E-state index is 13.3. The topological polar surface area (TPSA) is 65.3 Å². The molecule has 3 heterocycles. The lowest BCUT2D eigenvalue weighted by Crippen LogP contribution is -2.27. The predicted octanol–water partition coefficient (Wildman–Crippen LogP) is 5.19. The van der Waals surface area contributed by atoms with Crippen LogP contribution >= 0.6 is 11.6 Å². The highest BCUT2D eigenvalue weighted by molar-refractivity contribution is 6.30. The van der Waals surface area contributed by atoms with Gasteiger partial charge < -0.3 is 4.42 Å². The van der Waals surface area contributed by atoms with Crippen molar-refractivity contribution in [2.24, 2.45) is 0 Å². The highest BCUT2D eigenvalue weighted by atomic mass is 35.5. The summed E-state index contributed by atoms with van der Waals surface area (Å²) < 4.78 is 9.30. The summed E-state index contributed by atoms with van der Waals surface area (Å²) in [6.07, 6.45) is 0.697. The molecule has 0 fully saturated rings. The quantitative estimate of drug-likeness (QED) is 0.392. The highest BCUT2D eigenvalue weighted by Gasteiger charge is 2.17. The first kappa shape index (κ1) is 19.6. The van der Waals surface area contributed by atoms with Crippen LogP contribution < -0.4 is 5.56 Å². The van der Waals surface area contributed by atoms with E-state index in [9.17, 15) is 4.79 Å². The molecule has 0 aliphatic rings. The molecule has 0 N–H and O–H groups in total. The first-order chi connectivity index (χ1) is 14.9. The van der Waals surface area contributed by atoms with Gasteiger partial charge in [-0.3, -0.25) is 9.20 Å². The summed E-state index contributed by atoms with van der Waals surface area (Å²) in [5.74, 6) is 1.98. The largest absolute Gasteiger partial charge is 0.441 e. The first-order valence-corrected chi connectivity index (χ1v) is 10.6. The molecule has 0 radical (unpaired) electrons. The number of rotatable bonds is 4. The number of hydrogen-bond donors (Lipinski definition) is 0. The Bertz CT molecular complexity index is 1490. The molecule has 0 aliphatic carbocycles. The van der Waals surface area contributed by atoms with Crippen LogP contribution in [0.3, 0.4) is 0 Å². The van der Waals surface area contributed by atoms with E-state index in [4.69, 9.17) is 16.0 Å². The number of fused-ring (bicyclic) bond motifs is 3. The molecule has 0 bridgehead atoms. The number of halogens is 1. The number of benzene rings is 2. The van der Waals surface area contributed by atoms with E-state index >= 15 is 0 Å². The van der Waals surface area contributed by atoms with Gasteiger partial charge >= 0.3 is 0 Å². The summed E-state index contributed by atoms with van der Waals surface area (Å²) in [6.45, 7) is 6.17. The second-order valence-corrected chi connectivity index (χ2v) is 8.13. The summed E-state index contributed by atoms with van der Waals surface area (Å²) >= 11 is 5.98. The van der Waals surface area contributed by atoms with Crippen LogP contribution in [0.2, 0.25) is 5.02 Å². The van der Waals surface area contributed by atoms with Crippen LogP contribution in [0.4, 0.5) is 0 Å². The van der Waals surface area contributed by atoms with E-state index in [1.165, 1.54) is 4.68 Å². The maximum atomic E-state index is 13.3. The van der Waals surface area contributed by atoms with Crippen molar-refractivity contribution in [3.8, 4) is 11.5 Å². The molecule has 0 aliphatic heterocycles. The molecule has 5 aromatic rings. The number of nitrogens with zero attached hydrogens (tertiary/aromatic N) is 4. The minimum absolute atomic E-state index is 0.151. The van der Waals surface area contributed by atoms with Gasteiger partial charge in [0.05, 0.1) is 12.1 Å². The van der Waals surface area contributed by atoms with Crippen LogP contribution in [0.1, 0.15) is 29.8 Å². The molecule has 0 amide bonds. The lowest BCUT2D eigenvalue weighted by Gasteiger charge is -2.09. The number of aryl methyl sites for hydroxylation is 3. The van der Waals surface area contributed by atoms with Gasteiger partial charge in [-0.25, -0.2) is 9.67 Å². The number of hydrogen-bond acceptors (Lipinski definition) is 4. The third-order valence-electron chi connectivity index (χ3n) is 5.50. The van der Waals surface area contributed by atoms with Crippen molar-refractivity contribution in [2.75, 3.05) is 0 Å². The molecule has 0 spiro atoms. The Morgan fingerprint density at radius 2 is 1.81 bits per heavy atom. The Balaban J connectivity index is 1.61. The van der Waals surface area contributed by atoms with E-state index in [0.29, 0.717) is 34.3 Å². The van der Waals surface area contributed by atoms with Crippen LogP contribution in [-0.2, 0) is 13.0 Å². The molecule has 156 valence electrons. The Morgan fingerprint density at radius 3 is 2.55 bits per heavy atom. The summed E-state index contributed by atoms with van der Waals surface area (Å²) in [7, 11) is 0. The summed E-state index contributed by atoms with van der Waals surface area (Å²) in [5, 5.41) is 6.35. The van der Waals surface area contributed by atoms with Gasteiger partial charge in [0.1, 0.15) is 22.8 Å². The van der Waals surface area contributed by atoms with Gasteiger partial charge in [0.15, 0.2) is 0 Å². The molecular formula is C24H21ClN4O2. The Hall–Kier alpha value is -3.38. The van der Waals surface area contributed by atoms with Gasteiger partial charge in [0.25, 0.3) is 5.56 Å². The molecule has 6 nitrogen and oxygen atoms in total. The molecule has 3 aromatic heterocycles. The van der Waals surface area contributed by atoms with Crippen molar-refractivity contribution in [1.29, 1.82) is 0 Å². The normalized spacial score (nSPS) is 11.6. The summed E-state index contributed by atoms with van der Waals surface area (Å²) in [4.78, 5) is 17.9. The molecule has 0 unspecified atom stereocenters. The minimum atomic E-state index is -0.151. The molecule has 0 saturated heterocycles. The lowest BCUT2D eigenvalue weighted by molar-refractivity contribution is 0.532. The van der Waals surface area contributed by atoms with Gasteiger partial charge in [-0.05, 0) is 56.3 Å². The molecule has 0 saturated carbocycles. The standard InChI is InChI=1S/C24H21ClN4O2/c1-4-22-27-28(24(30)21-12-17-11-14(2)5-10-20(17)29(21)22)13-19-15(3)31-23(26-19)16-6-8-18(25)9-7-16/h5-12H,4,13H2,1-3H3. The smallest absolute Gasteiger partial charge is 0.291 e. The number of oxazole rings is 1. The summed E-state index contributed by atoms with van der Waals surface area (Å²) in [6, 6.07) is 15.4. The molecule has 7 heteroatoms. The molecule has 31 heavy (non-hydrogen) atoms. The lowest BCUT2D eigenvalue weighted by atomic mass is 10.2. The molecule has 5 rings (SSSR count). The highest BCUT2D eigenvalue weighted by Crippen LogP contribution is 2.24. The van der Waals surface area contributed by atoms with Crippen molar-refractivity contribution >= 4 is 28.0 Å². The summed E-state index contributed by atoms with van der Waals surface area (Å²) in [5.41, 5.74) is 4.13. The van der Waals surface area contributed by atoms with Gasteiger partial charge in [0.2, 0.25) is 5.89 Å². The average molecular weight is 433 g/mol. The predicted molar refractivity (Wildman–Crippen MR) is 122 cm³/mol. The third-order valence-corrected chi connectivity index (χ3v) is 5.76. The van der Waals surface area contributed by atoms with Crippen LogP contribution in [0, 0.1) is 13.8 Å². The van der Waals surface area contributed by atoms with Crippen molar-refractivity contribution in [1.82, 2.24) is 19.2 Å². The van der Waals surface area contributed by atoms with Crippen LogP contribution in [-0.4, -0.2) is 19.2 Å². The van der Waals surface area contributed by atoms with E-state index in [2.05, 4.69) is 22.2 Å². The minimum Gasteiger partial charge on any atom is -0.441 e. The second kappa shape index (κ2) is 7.39. The molecular weight excluding hydrogens is 412 g/mol. The average Bonchev–Trinajstić information content (AvgIpc) is 3.31. The van der Waals surface area contributed by atoms with E-state index < -0.39 is 0 Å².